The van der Waals surface area contributed by atoms with E-state index in [0.717, 1.165) is 16.6 Å². The number of furan rings is 1. The van der Waals surface area contributed by atoms with Crippen molar-refractivity contribution in [1.82, 2.24) is 14.8 Å². The number of thioether (sulfide) groups is 1. The van der Waals surface area contributed by atoms with Gasteiger partial charge in [-0.15, -0.1) is 10.2 Å². The van der Waals surface area contributed by atoms with E-state index in [0.29, 0.717) is 11.6 Å². The molecular formula is C23H23N3OS. The molecule has 4 aromatic rings. The number of hydrogen-bond acceptors (Lipinski definition) is 4. The van der Waals surface area contributed by atoms with E-state index in [2.05, 4.69) is 84.1 Å². The van der Waals surface area contributed by atoms with E-state index in [9.17, 15) is 0 Å². The van der Waals surface area contributed by atoms with Gasteiger partial charge in [0.05, 0.1) is 6.26 Å². The molecule has 0 saturated carbocycles. The second-order valence-electron chi connectivity index (χ2n) is 7.69. The Morgan fingerprint density at radius 3 is 2.29 bits per heavy atom. The molecule has 4 nitrogen and oxygen atoms in total. The van der Waals surface area contributed by atoms with Crippen molar-refractivity contribution >= 4 is 11.8 Å². The predicted molar refractivity (Wildman–Crippen MR) is 114 cm³/mol. The molecule has 0 unspecified atom stereocenters. The summed E-state index contributed by atoms with van der Waals surface area (Å²) in [6.07, 6.45) is 1.66. The maximum atomic E-state index is 5.60. The fourth-order valence-corrected chi connectivity index (χ4v) is 3.90. The van der Waals surface area contributed by atoms with Crippen molar-refractivity contribution in [3.63, 3.8) is 0 Å². The molecule has 5 heteroatoms. The van der Waals surface area contributed by atoms with Crippen LogP contribution < -0.4 is 0 Å². The Morgan fingerprint density at radius 1 is 0.893 bits per heavy atom. The third-order valence-electron chi connectivity index (χ3n) is 4.58. The number of rotatable bonds is 5. The van der Waals surface area contributed by atoms with Gasteiger partial charge in [0.25, 0.3) is 0 Å². The van der Waals surface area contributed by atoms with Crippen LogP contribution in [0, 0.1) is 0 Å². The molecule has 4 rings (SSSR count). The highest BCUT2D eigenvalue weighted by Gasteiger charge is 2.19. The second kappa shape index (κ2) is 7.68. The number of hydrogen-bond donors (Lipinski definition) is 0. The minimum Gasteiger partial charge on any atom is -0.461 e. The maximum absolute atomic E-state index is 5.60. The fourth-order valence-electron chi connectivity index (χ4n) is 2.99. The highest BCUT2D eigenvalue weighted by atomic mass is 32.2. The molecular weight excluding hydrogens is 366 g/mol. The summed E-state index contributed by atoms with van der Waals surface area (Å²) in [5, 5.41) is 9.71. The van der Waals surface area contributed by atoms with Gasteiger partial charge in [-0.05, 0) is 40.8 Å². The molecule has 0 amide bonds. The van der Waals surface area contributed by atoms with Crippen molar-refractivity contribution < 1.29 is 4.42 Å². The molecule has 2 aromatic heterocycles. The first-order valence-corrected chi connectivity index (χ1v) is 10.3. The molecule has 2 aromatic carbocycles. The molecule has 0 radical (unpaired) electrons. The number of nitrogens with zero attached hydrogens (tertiary/aromatic N) is 3. The Kier molecular flexibility index (Phi) is 5.09. The van der Waals surface area contributed by atoms with Gasteiger partial charge in [0.15, 0.2) is 10.9 Å². The molecule has 0 saturated heterocycles. The van der Waals surface area contributed by atoms with Gasteiger partial charge in [0.1, 0.15) is 0 Å². The van der Waals surface area contributed by atoms with Gasteiger partial charge < -0.3 is 4.42 Å². The lowest BCUT2D eigenvalue weighted by molar-refractivity contribution is 0.575. The van der Waals surface area contributed by atoms with Crippen LogP contribution in [0.1, 0.15) is 31.9 Å². The normalized spacial score (nSPS) is 11.7. The Bertz CT molecular complexity index is 1030. The van der Waals surface area contributed by atoms with Gasteiger partial charge in [-0.1, -0.05) is 75.0 Å². The zero-order valence-electron chi connectivity index (χ0n) is 16.3. The van der Waals surface area contributed by atoms with E-state index in [4.69, 9.17) is 4.42 Å². The van der Waals surface area contributed by atoms with E-state index in [-0.39, 0.29) is 5.41 Å². The lowest BCUT2D eigenvalue weighted by Gasteiger charge is -2.19. The minimum absolute atomic E-state index is 0.112. The summed E-state index contributed by atoms with van der Waals surface area (Å²) in [7, 11) is 0. The van der Waals surface area contributed by atoms with Crippen molar-refractivity contribution in [2.75, 3.05) is 0 Å². The Labute approximate surface area is 169 Å². The van der Waals surface area contributed by atoms with Crippen molar-refractivity contribution in [3.05, 3.63) is 84.1 Å². The number of benzene rings is 2. The van der Waals surface area contributed by atoms with Crippen molar-refractivity contribution in [2.45, 2.75) is 37.1 Å². The van der Waals surface area contributed by atoms with Gasteiger partial charge in [-0.25, -0.2) is 0 Å². The first kappa shape index (κ1) is 18.6. The zero-order valence-corrected chi connectivity index (χ0v) is 17.1. The molecule has 0 bridgehead atoms. The van der Waals surface area contributed by atoms with Crippen molar-refractivity contribution in [3.8, 4) is 17.3 Å². The van der Waals surface area contributed by atoms with Crippen LogP contribution in [0.25, 0.3) is 17.3 Å². The third kappa shape index (κ3) is 3.90. The van der Waals surface area contributed by atoms with Crippen molar-refractivity contribution in [1.29, 1.82) is 0 Å². The van der Waals surface area contributed by atoms with Crippen LogP contribution in [0.2, 0.25) is 0 Å². The van der Waals surface area contributed by atoms with E-state index in [1.807, 2.05) is 18.2 Å². The van der Waals surface area contributed by atoms with Crippen LogP contribution in [-0.2, 0) is 11.2 Å². The topological polar surface area (TPSA) is 43.9 Å². The van der Waals surface area contributed by atoms with Crippen LogP contribution in [0.15, 0.2) is 82.6 Å². The van der Waals surface area contributed by atoms with Gasteiger partial charge in [0.2, 0.25) is 5.82 Å². The summed E-state index contributed by atoms with van der Waals surface area (Å²) < 4.78 is 7.67. The van der Waals surface area contributed by atoms with Crippen LogP contribution in [0.4, 0.5) is 0 Å². The molecule has 28 heavy (non-hydrogen) atoms. The quantitative estimate of drug-likeness (QED) is 0.386. The van der Waals surface area contributed by atoms with Crippen LogP contribution >= 0.6 is 11.8 Å². The van der Waals surface area contributed by atoms with Gasteiger partial charge in [-0.3, -0.25) is 4.57 Å². The largest absolute Gasteiger partial charge is 0.461 e. The van der Waals surface area contributed by atoms with E-state index >= 15 is 0 Å². The molecule has 0 aliphatic rings. The summed E-state index contributed by atoms with van der Waals surface area (Å²) in [6, 6.07) is 22.8. The summed E-state index contributed by atoms with van der Waals surface area (Å²) in [5.41, 5.74) is 3.69. The molecule has 0 N–H and O–H groups in total. The molecule has 0 spiro atoms. The maximum Gasteiger partial charge on any atom is 0.205 e. The Morgan fingerprint density at radius 2 is 1.64 bits per heavy atom. The summed E-state index contributed by atoms with van der Waals surface area (Å²) in [5.74, 6) is 2.25. The first-order chi connectivity index (χ1) is 13.5. The molecule has 0 aliphatic carbocycles. The monoisotopic (exact) mass is 389 g/mol. The molecule has 2 heterocycles. The highest BCUT2D eigenvalue weighted by molar-refractivity contribution is 7.98. The van der Waals surface area contributed by atoms with Gasteiger partial charge in [0, 0.05) is 11.4 Å². The average Bonchev–Trinajstić information content (AvgIpc) is 3.36. The molecule has 0 fully saturated rings. The Balaban J connectivity index is 1.71. The predicted octanol–water partition coefficient (Wildman–Crippen LogP) is 6.12. The van der Waals surface area contributed by atoms with Crippen LogP contribution in [-0.4, -0.2) is 14.8 Å². The second-order valence-corrected chi connectivity index (χ2v) is 8.63. The lowest BCUT2D eigenvalue weighted by atomic mass is 9.87. The summed E-state index contributed by atoms with van der Waals surface area (Å²) >= 11 is 1.67. The smallest absolute Gasteiger partial charge is 0.205 e. The van der Waals surface area contributed by atoms with Crippen LogP contribution in [0.3, 0.4) is 0 Å². The van der Waals surface area contributed by atoms with E-state index in [1.54, 1.807) is 18.0 Å². The number of aromatic nitrogens is 3. The summed E-state index contributed by atoms with van der Waals surface area (Å²) in [4.78, 5) is 0. The highest BCUT2D eigenvalue weighted by Crippen LogP contribution is 2.31. The van der Waals surface area contributed by atoms with Gasteiger partial charge in [-0.2, -0.15) is 0 Å². The van der Waals surface area contributed by atoms with E-state index in [1.165, 1.54) is 11.1 Å². The minimum atomic E-state index is 0.112. The first-order valence-electron chi connectivity index (χ1n) is 9.29. The Hall–Kier alpha value is -2.79. The lowest BCUT2D eigenvalue weighted by Crippen LogP contribution is -2.11. The fraction of sp³-hybridized carbons (Fsp3) is 0.217. The van der Waals surface area contributed by atoms with Gasteiger partial charge >= 0.3 is 0 Å². The molecule has 0 aliphatic heterocycles. The SMILES string of the molecule is CC(C)(C)c1ccc(-n2c(SCc3ccccc3)nnc2-c2ccco2)cc1. The third-order valence-corrected chi connectivity index (χ3v) is 5.58. The molecule has 0 atom stereocenters. The summed E-state index contributed by atoms with van der Waals surface area (Å²) in [6.45, 7) is 6.66. The standard InChI is InChI=1S/C23H23N3OS/c1-23(2,3)18-11-13-19(14-12-18)26-21(20-10-7-15-27-20)24-25-22(26)28-16-17-8-5-4-6-9-17/h4-15H,16H2,1-3H3. The zero-order chi connectivity index (χ0) is 19.6. The molecule has 142 valence electrons. The van der Waals surface area contributed by atoms with Crippen LogP contribution in [0.5, 0.6) is 0 Å². The van der Waals surface area contributed by atoms with Crippen molar-refractivity contribution in [2.24, 2.45) is 0 Å². The van der Waals surface area contributed by atoms with E-state index < -0.39 is 0 Å². The average molecular weight is 390 g/mol.